The minimum absolute atomic E-state index is 0.227. The van der Waals surface area contributed by atoms with E-state index in [0.717, 1.165) is 3.79 Å². The molecule has 1 rings (SSSR count). The summed E-state index contributed by atoms with van der Waals surface area (Å²) < 4.78 is 6.31. The number of rotatable bonds is 6. The van der Waals surface area contributed by atoms with Gasteiger partial charge in [0, 0.05) is 13.0 Å². The average molecular weight is 364 g/mol. The molecule has 1 unspecified atom stereocenters. The van der Waals surface area contributed by atoms with Crippen LogP contribution in [0.15, 0.2) is 15.9 Å². The van der Waals surface area contributed by atoms with Crippen molar-refractivity contribution in [2.75, 3.05) is 6.61 Å². The maximum absolute atomic E-state index is 11.9. The van der Waals surface area contributed by atoms with Crippen molar-refractivity contribution < 1.29 is 19.4 Å². The monoisotopic (exact) mass is 363 g/mol. The highest BCUT2D eigenvalue weighted by atomic mass is 79.9. The van der Waals surface area contributed by atoms with Crippen LogP contribution in [-0.4, -0.2) is 35.2 Å². The van der Waals surface area contributed by atoms with Gasteiger partial charge >= 0.3 is 5.97 Å². The number of carbonyl (C=O) groups excluding carboxylic acids is 1. The molecule has 0 aliphatic heterocycles. The van der Waals surface area contributed by atoms with Crippen LogP contribution < -0.4 is 5.32 Å². The largest absolute Gasteiger partial charge is 0.480 e. The van der Waals surface area contributed by atoms with Crippen molar-refractivity contribution in [3.8, 4) is 0 Å². The fourth-order valence-electron chi connectivity index (χ4n) is 1.41. The first-order chi connectivity index (χ1) is 9.19. The second kappa shape index (κ2) is 7.19. The molecule has 20 heavy (non-hydrogen) atoms. The van der Waals surface area contributed by atoms with Crippen LogP contribution in [0.1, 0.15) is 36.9 Å². The maximum Gasteiger partial charge on any atom is 0.326 e. The van der Waals surface area contributed by atoms with Crippen LogP contribution in [0.4, 0.5) is 0 Å². The number of thiophene rings is 1. The molecule has 1 heterocycles. The molecular formula is C13H18BrNO4S. The van der Waals surface area contributed by atoms with Gasteiger partial charge in [0.05, 0.1) is 14.3 Å². The van der Waals surface area contributed by atoms with E-state index in [1.54, 1.807) is 12.1 Å². The number of ether oxygens (including phenoxy) is 1. The minimum Gasteiger partial charge on any atom is -0.480 e. The Morgan fingerprint density at radius 1 is 1.45 bits per heavy atom. The summed E-state index contributed by atoms with van der Waals surface area (Å²) in [7, 11) is 0. The number of halogens is 1. The fraction of sp³-hybridized carbons (Fsp3) is 0.538. The van der Waals surface area contributed by atoms with Crippen molar-refractivity contribution in [3.05, 3.63) is 20.8 Å². The highest BCUT2D eigenvalue weighted by Crippen LogP contribution is 2.22. The molecule has 112 valence electrons. The Hall–Kier alpha value is -0.920. The van der Waals surface area contributed by atoms with Gasteiger partial charge < -0.3 is 15.2 Å². The van der Waals surface area contributed by atoms with E-state index in [0.29, 0.717) is 4.88 Å². The maximum atomic E-state index is 11.9. The van der Waals surface area contributed by atoms with Crippen LogP contribution >= 0.6 is 27.3 Å². The first-order valence-corrected chi connectivity index (χ1v) is 7.73. The lowest BCUT2D eigenvalue weighted by Crippen LogP contribution is -2.41. The fourth-order valence-corrected chi connectivity index (χ4v) is 2.70. The number of nitrogens with one attached hydrogen (secondary N) is 1. The standard InChI is InChI=1S/C13H18BrNO4S/c1-13(2,3)19-7-6-8(12(17)18)15-11(16)9-4-5-10(14)20-9/h4-5,8H,6-7H2,1-3H3,(H,15,16)(H,17,18). The van der Waals surface area contributed by atoms with Gasteiger partial charge in [-0.1, -0.05) is 0 Å². The summed E-state index contributed by atoms with van der Waals surface area (Å²) >= 11 is 4.52. The lowest BCUT2D eigenvalue weighted by Gasteiger charge is -2.21. The SMILES string of the molecule is CC(C)(C)OCCC(NC(=O)c1ccc(Br)s1)C(=O)O. The molecule has 0 radical (unpaired) electrons. The van der Waals surface area contributed by atoms with Crippen LogP contribution in [0.5, 0.6) is 0 Å². The number of hydrogen-bond donors (Lipinski definition) is 2. The number of amides is 1. The zero-order valence-corrected chi connectivity index (χ0v) is 14.0. The molecule has 0 spiro atoms. The van der Waals surface area contributed by atoms with Gasteiger partial charge in [0.15, 0.2) is 0 Å². The normalized spacial score (nSPS) is 13.0. The molecule has 0 aliphatic rings. The molecule has 2 N–H and O–H groups in total. The van der Waals surface area contributed by atoms with Gasteiger partial charge in [0.1, 0.15) is 6.04 Å². The Balaban J connectivity index is 2.55. The van der Waals surface area contributed by atoms with Gasteiger partial charge in [-0.2, -0.15) is 0 Å². The molecule has 0 fully saturated rings. The van der Waals surface area contributed by atoms with E-state index >= 15 is 0 Å². The van der Waals surface area contributed by atoms with E-state index in [2.05, 4.69) is 21.2 Å². The molecular weight excluding hydrogens is 346 g/mol. The van der Waals surface area contributed by atoms with Gasteiger partial charge in [-0.3, -0.25) is 4.79 Å². The third-order valence-electron chi connectivity index (χ3n) is 2.34. The predicted molar refractivity (Wildman–Crippen MR) is 81.2 cm³/mol. The van der Waals surface area contributed by atoms with E-state index in [1.807, 2.05) is 20.8 Å². The number of carbonyl (C=O) groups is 2. The first-order valence-electron chi connectivity index (χ1n) is 6.12. The first kappa shape index (κ1) is 17.1. The minimum atomic E-state index is -1.06. The average Bonchev–Trinajstić information content (AvgIpc) is 2.72. The Kier molecular flexibility index (Phi) is 6.16. The van der Waals surface area contributed by atoms with E-state index in [9.17, 15) is 9.59 Å². The summed E-state index contributed by atoms with van der Waals surface area (Å²) in [6.45, 7) is 5.95. The molecule has 0 saturated carbocycles. The van der Waals surface area contributed by atoms with Crippen LogP contribution in [0.3, 0.4) is 0 Å². The zero-order valence-electron chi connectivity index (χ0n) is 11.6. The lowest BCUT2D eigenvalue weighted by molar-refractivity contribution is -0.140. The molecule has 5 nitrogen and oxygen atoms in total. The second-order valence-corrected chi connectivity index (χ2v) is 7.68. The number of aliphatic carboxylic acids is 1. The van der Waals surface area contributed by atoms with Crippen molar-refractivity contribution in [2.45, 2.75) is 38.8 Å². The lowest BCUT2D eigenvalue weighted by atomic mass is 10.1. The van der Waals surface area contributed by atoms with Crippen molar-refractivity contribution in [1.82, 2.24) is 5.32 Å². The van der Waals surface area contributed by atoms with Crippen molar-refractivity contribution in [1.29, 1.82) is 0 Å². The van der Waals surface area contributed by atoms with Crippen molar-refractivity contribution >= 4 is 39.1 Å². The van der Waals surface area contributed by atoms with Crippen LogP contribution in [0, 0.1) is 0 Å². The van der Waals surface area contributed by atoms with Crippen molar-refractivity contribution in [2.24, 2.45) is 0 Å². The van der Waals surface area contributed by atoms with Crippen LogP contribution in [0.2, 0.25) is 0 Å². The topological polar surface area (TPSA) is 75.6 Å². The molecule has 1 amide bonds. The van der Waals surface area contributed by atoms with Gasteiger partial charge in [-0.25, -0.2) is 4.79 Å². The number of carboxylic acid groups (broad SMARTS) is 1. The van der Waals surface area contributed by atoms with Crippen LogP contribution in [0.25, 0.3) is 0 Å². The summed E-state index contributed by atoms with van der Waals surface area (Å²) in [6, 6.07) is 2.44. The van der Waals surface area contributed by atoms with Gasteiger partial charge in [-0.05, 0) is 48.8 Å². The smallest absolute Gasteiger partial charge is 0.326 e. The third-order valence-corrected chi connectivity index (χ3v) is 3.96. The van der Waals surface area contributed by atoms with Gasteiger partial charge in [0.2, 0.25) is 0 Å². The molecule has 1 aromatic heterocycles. The van der Waals surface area contributed by atoms with Crippen molar-refractivity contribution in [3.63, 3.8) is 0 Å². The second-order valence-electron chi connectivity index (χ2n) is 5.22. The predicted octanol–water partition coefficient (Wildman–Crippen LogP) is 2.90. The Morgan fingerprint density at radius 3 is 2.55 bits per heavy atom. The van der Waals surface area contributed by atoms with E-state index in [4.69, 9.17) is 9.84 Å². The summed E-state index contributed by atoms with van der Waals surface area (Å²) in [5, 5.41) is 11.6. The molecule has 0 saturated heterocycles. The quantitative estimate of drug-likeness (QED) is 0.814. The summed E-state index contributed by atoms with van der Waals surface area (Å²) in [4.78, 5) is 23.5. The summed E-state index contributed by atoms with van der Waals surface area (Å²) in [5.41, 5.74) is -0.328. The number of carboxylic acids is 1. The molecule has 7 heteroatoms. The molecule has 0 bridgehead atoms. The Labute approximate surface area is 130 Å². The molecule has 1 atom stereocenters. The summed E-state index contributed by atoms with van der Waals surface area (Å²) in [6.07, 6.45) is 0.227. The number of hydrogen-bond acceptors (Lipinski definition) is 4. The highest BCUT2D eigenvalue weighted by Gasteiger charge is 2.22. The third kappa shape index (κ3) is 6.02. The van der Waals surface area contributed by atoms with E-state index < -0.39 is 12.0 Å². The summed E-state index contributed by atoms with van der Waals surface area (Å²) in [5.74, 6) is -1.45. The zero-order chi connectivity index (χ0) is 15.3. The Bertz CT molecular complexity index is 481. The van der Waals surface area contributed by atoms with Gasteiger partial charge in [0.25, 0.3) is 5.91 Å². The molecule has 1 aromatic rings. The van der Waals surface area contributed by atoms with Crippen LogP contribution in [-0.2, 0) is 9.53 Å². The van der Waals surface area contributed by atoms with E-state index in [-0.39, 0.29) is 24.5 Å². The molecule has 0 aromatic carbocycles. The van der Waals surface area contributed by atoms with E-state index in [1.165, 1.54) is 11.3 Å². The van der Waals surface area contributed by atoms with Gasteiger partial charge in [-0.15, -0.1) is 11.3 Å². The Morgan fingerprint density at radius 2 is 2.10 bits per heavy atom. The highest BCUT2D eigenvalue weighted by molar-refractivity contribution is 9.11. The molecule has 0 aliphatic carbocycles.